The van der Waals surface area contributed by atoms with Crippen molar-refractivity contribution in [3.05, 3.63) is 60.7 Å². The summed E-state index contributed by atoms with van der Waals surface area (Å²) in [6.07, 6.45) is 1.56. The molecule has 1 heterocycles. The fraction of sp³-hybridized carbons (Fsp3) is 0.118. The van der Waals surface area contributed by atoms with Gasteiger partial charge in [-0.25, -0.2) is 8.42 Å². The summed E-state index contributed by atoms with van der Waals surface area (Å²) in [5.74, 6) is 0.750. The Balaban J connectivity index is 1.76. The molecule has 0 aliphatic carbocycles. The molecule has 7 nitrogen and oxygen atoms in total. The molecule has 8 heteroatoms. The maximum Gasteiger partial charge on any atom is 0.261 e. The van der Waals surface area contributed by atoms with Gasteiger partial charge in [-0.3, -0.25) is 9.52 Å². The predicted molar refractivity (Wildman–Crippen MR) is 92.3 cm³/mol. The summed E-state index contributed by atoms with van der Waals surface area (Å²) >= 11 is 0. The van der Waals surface area contributed by atoms with Gasteiger partial charge in [-0.1, -0.05) is 6.08 Å². The highest BCUT2D eigenvalue weighted by atomic mass is 32.2. The van der Waals surface area contributed by atoms with Gasteiger partial charge >= 0.3 is 0 Å². The maximum atomic E-state index is 12.5. The van der Waals surface area contributed by atoms with Gasteiger partial charge in [-0.15, -0.1) is 6.58 Å². The zero-order valence-corrected chi connectivity index (χ0v) is 14.0. The number of anilines is 1. The molecule has 130 valence electrons. The van der Waals surface area contributed by atoms with Gasteiger partial charge in [0.15, 0.2) is 11.5 Å². The first-order valence-electron chi connectivity index (χ1n) is 7.41. The van der Waals surface area contributed by atoms with Crippen molar-refractivity contribution in [3.63, 3.8) is 0 Å². The second-order valence-electron chi connectivity index (χ2n) is 5.20. The van der Waals surface area contributed by atoms with E-state index < -0.39 is 10.0 Å². The fourth-order valence-electron chi connectivity index (χ4n) is 2.23. The van der Waals surface area contributed by atoms with E-state index in [0.717, 1.165) is 0 Å². The summed E-state index contributed by atoms with van der Waals surface area (Å²) in [6, 6.07) is 10.4. The highest BCUT2D eigenvalue weighted by Gasteiger charge is 2.18. The smallest absolute Gasteiger partial charge is 0.261 e. The number of hydrogen-bond acceptors (Lipinski definition) is 5. The molecule has 0 fully saturated rings. The molecule has 2 aromatic rings. The molecule has 0 saturated carbocycles. The Hall–Kier alpha value is -3.00. The van der Waals surface area contributed by atoms with E-state index in [2.05, 4.69) is 16.6 Å². The molecule has 2 N–H and O–H groups in total. The van der Waals surface area contributed by atoms with Crippen LogP contribution in [-0.2, 0) is 10.0 Å². The first kappa shape index (κ1) is 16.8. The molecule has 1 amide bonds. The van der Waals surface area contributed by atoms with Crippen LogP contribution in [0.5, 0.6) is 11.5 Å². The van der Waals surface area contributed by atoms with Crippen LogP contribution in [0.1, 0.15) is 10.4 Å². The number of carbonyl (C=O) groups is 1. The maximum absolute atomic E-state index is 12.5. The van der Waals surface area contributed by atoms with E-state index >= 15 is 0 Å². The van der Waals surface area contributed by atoms with Crippen molar-refractivity contribution >= 4 is 21.6 Å². The molecule has 0 unspecified atom stereocenters. The molecule has 3 rings (SSSR count). The van der Waals surface area contributed by atoms with Gasteiger partial charge in [-0.05, 0) is 36.4 Å². The van der Waals surface area contributed by atoms with Gasteiger partial charge in [0.2, 0.25) is 6.79 Å². The lowest BCUT2D eigenvalue weighted by molar-refractivity contribution is 0.0958. The van der Waals surface area contributed by atoms with Crippen LogP contribution in [0.25, 0.3) is 0 Å². The molecule has 0 atom stereocenters. The van der Waals surface area contributed by atoms with E-state index in [1.54, 1.807) is 24.3 Å². The average Bonchev–Trinajstić information content (AvgIpc) is 3.07. The normalized spacial score (nSPS) is 12.5. The number of sulfonamides is 1. The van der Waals surface area contributed by atoms with Crippen molar-refractivity contribution in [2.45, 2.75) is 4.90 Å². The number of hydrogen-bond donors (Lipinski definition) is 2. The standard InChI is InChI=1S/C17H16N2O5S/c1-2-9-18-17(20)12-3-6-14(7-4-12)25(21,22)19-13-5-8-15-16(10-13)24-11-23-15/h2-8,10,19H,1,9,11H2,(H,18,20). The average molecular weight is 360 g/mol. The molecule has 0 aromatic heterocycles. The lowest BCUT2D eigenvalue weighted by Gasteiger charge is -2.09. The zero-order chi connectivity index (χ0) is 17.9. The van der Waals surface area contributed by atoms with Crippen molar-refractivity contribution < 1.29 is 22.7 Å². The van der Waals surface area contributed by atoms with Crippen LogP contribution in [0.4, 0.5) is 5.69 Å². The van der Waals surface area contributed by atoms with Crippen LogP contribution in [0, 0.1) is 0 Å². The summed E-state index contributed by atoms with van der Waals surface area (Å²) in [6.45, 7) is 3.97. The van der Waals surface area contributed by atoms with Gasteiger partial charge in [0.05, 0.1) is 10.6 Å². The molecule has 0 spiro atoms. The van der Waals surface area contributed by atoms with E-state index in [1.807, 2.05) is 0 Å². The third kappa shape index (κ3) is 3.74. The summed E-state index contributed by atoms with van der Waals surface area (Å²) in [5, 5.41) is 2.62. The minimum Gasteiger partial charge on any atom is -0.454 e. The Morgan fingerprint density at radius 1 is 1.12 bits per heavy atom. The molecule has 0 bridgehead atoms. The van der Waals surface area contributed by atoms with Gasteiger partial charge in [0, 0.05) is 18.2 Å². The van der Waals surface area contributed by atoms with Gasteiger partial charge < -0.3 is 14.8 Å². The van der Waals surface area contributed by atoms with Crippen molar-refractivity contribution in [1.29, 1.82) is 0 Å². The monoisotopic (exact) mass is 360 g/mol. The SMILES string of the molecule is C=CCNC(=O)c1ccc(S(=O)(=O)Nc2ccc3c(c2)OCO3)cc1. The lowest BCUT2D eigenvalue weighted by atomic mass is 10.2. The van der Waals surface area contributed by atoms with Crippen LogP contribution < -0.4 is 19.5 Å². The van der Waals surface area contributed by atoms with E-state index in [1.165, 1.54) is 24.3 Å². The highest BCUT2D eigenvalue weighted by molar-refractivity contribution is 7.92. The minimum absolute atomic E-state index is 0.0467. The number of rotatable bonds is 6. The molecular formula is C17H16N2O5S. The summed E-state index contributed by atoms with van der Waals surface area (Å²) in [5.41, 5.74) is 0.723. The number of nitrogens with one attached hydrogen (secondary N) is 2. The molecular weight excluding hydrogens is 344 g/mol. The summed E-state index contributed by atoms with van der Waals surface area (Å²) in [4.78, 5) is 11.9. The molecule has 0 saturated heterocycles. The van der Waals surface area contributed by atoms with Crippen molar-refractivity contribution in [2.24, 2.45) is 0 Å². The van der Waals surface area contributed by atoms with Gasteiger partial charge in [0.1, 0.15) is 0 Å². The second-order valence-corrected chi connectivity index (χ2v) is 6.88. The first-order valence-corrected chi connectivity index (χ1v) is 8.89. The van der Waals surface area contributed by atoms with Crippen LogP contribution in [0.3, 0.4) is 0 Å². The predicted octanol–water partition coefficient (Wildman–Crippen LogP) is 2.13. The van der Waals surface area contributed by atoms with Crippen molar-refractivity contribution in [1.82, 2.24) is 5.32 Å². The quantitative estimate of drug-likeness (QED) is 0.770. The van der Waals surface area contributed by atoms with Gasteiger partial charge in [0.25, 0.3) is 15.9 Å². The minimum atomic E-state index is -3.78. The Kier molecular flexibility index (Phi) is 4.62. The largest absolute Gasteiger partial charge is 0.454 e. The molecule has 0 radical (unpaired) electrons. The Morgan fingerprint density at radius 3 is 2.56 bits per heavy atom. The van der Waals surface area contributed by atoms with Gasteiger partial charge in [-0.2, -0.15) is 0 Å². The Morgan fingerprint density at radius 2 is 1.84 bits per heavy atom. The second kappa shape index (κ2) is 6.86. The number of amides is 1. The van der Waals surface area contributed by atoms with Crippen LogP contribution in [-0.4, -0.2) is 27.7 Å². The molecule has 1 aliphatic heterocycles. The Bertz CT molecular complexity index is 907. The summed E-state index contributed by atoms with van der Waals surface area (Å²) in [7, 11) is -3.78. The summed E-state index contributed by atoms with van der Waals surface area (Å²) < 4.78 is 37.8. The lowest BCUT2D eigenvalue weighted by Crippen LogP contribution is -2.23. The van der Waals surface area contributed by atoms with Crippen molar-refractivity contribution in [3.8, 4) is 11.5 Å². The van der Waals surface area contributed by atoms with Crippen LogP contribution in [0.15, 0.2) is 60.0 Å². The third-order valence-corrected chi connectivity index (χ3v) is 4.86. The van der Waals surface area contributed by atoms with E-state index in [9.17, 15) is 13.2 Å². The van der Waals surface area contributed by atoms with Crippen molar-refractivity contribution in [2.75, 3.05) is 18.1 Å². The zero-order valence-electron chi connectivity index (χ0n) is 13.2. The topological polar surface area (TPSA) is 93.7 Å². The Labute approximate surface area is 145 Å². The number of fused-ring (bicyclic) bond motifs is 1. The number of ether oxygens (including phenoxy) is 2. The van der Waals surface area contributed by atoms with Crippen LogP contribution in [0.2, 0.25) is 0 Å². The molecule has 1 aliphatic rings. The molecule has 25 heavy (non-hydrogen) atoms. The van der Waals surface area contributed by atoms with E-state index in [-0.39, 0.29) is 17.6 Å². The van der Waals surface area contributed by atoms with Crippen LogP contribution >= 0.6 is 0 Å². The number of carbonyl (C=O) groups excluding carboxylic acids is 1. The van der Waals surface area contributed by atoms with E-state index in [0.29, 0.717) is 29.3 Å². The first-order chi connectivity index (χ1) is 12.0. The fourth-order valence-corrected chi connectivity index (χ4v) is 3.28. The number of benzene rings is 2. The highest BCUT2D eigenvalue weighted by Crippen LogP contribution is 2.34. The van der Waals surface area contributed by atoms with E-state index in [4.69, 9.17) is 9.47 Å². The third-order valence-electron chi connectivity index (χ3n) is 3.46. The molecule has 2 aromatic carbocycles.